The molecule has 0 saturated heterocycles. The van der Waals surface area contributed by atoms with Crippen molar-refractivity contribution in [1.29, 1.82) is 0 Å². The number of nitrogens with zero attached hydrogens (tertiary/aromatic N) is 2. The first-order chi connectivity index (χ1) is 7.93. The molecule has 0 aliphatic carbocycles. The van der Waals surface area contributed by atoms with E-state index in [1.807, 2.05) is 0 Å². The van der Waals surface area contributed by atoms with E-state index in [1.54, 1.807) is 37.0 Å². The fourth-order valence-corrected chi connectivity index (χ4v) is 2.60. The van der Waals surface area contributed by atoms with E-state index < -0.39 is 5.60 Å². The smallest absolute Gasteiger partial charge is 0.129 e. The summed E-state index contributed by atoms with van der Waals surface area (Å²) in [5.74, 6) is -0.325. The summed E-state index contributed by atoms with van der Waals surface area (Å²) in [5, 5.41) is 14.6. The second-order valence-electron chi connectivity index (χ2n) is 4.04. The lowest BCUT2D eigenvalue weighted by molar-refractivity contribution is 0.0920. The predicted octanol–water partition coefficient (Wildman–Crippen LogP) is 2.58. The Morgan fingerprint density at radius 2 is 1.94 bits per heavy atom. The van der Waals surface area contributed by atoms with E-state index in [2.05, 4.69) is 21.0 Å². The Hall–Kier alpha value is -1.20. The van der Waals surface area contributed by atoms with Crippen molar-refractivity contribution in [1.82, 2.24) is 9.78 Å². The highest BCUT2D eigenvalue weighted by Crippen LogP contribution is 2.33. The van der Waals surface area contributed by atoms with Crippen LogP contribution in [0.1, 0.15) is 18.2 Å². The molecule has 1 N–H and O–H groups in total. The van der Waals surface area contributed by atoms with Crippen LogP contribution in [0.5, 0.6) is 0 Å². The van der Waals surface area contributed by atoms with Gasteiger partial charge in [-0.2, -0.15) is 5.10 Å². The molecule has 0 fully saturated rings. The second-order valence-corrected chi connectivity index (χ2v) is 4.90. The Bertz CT molecular complexity index is 514. The molecule has 3 nitrogen and oxygen atoms in total. The van der Waals surface area contributed by atoms with Crippen LogP contribution >= 0.6 is 15.9 Å². The first kappa shape index (κ1) is 12.3. The first-order valence-electron chi connectivity index (χ1n) is 5.09. The molecule has 0 saturated carbocycles. The third kappa shape index (κ3) is 2.12. The summed E-state index contributed by atoms with van der Waals surface area (Å²) < 4.78 is 15.2. The summed E-state index contributed by atoms with van der Waals surface area (Å²) in [4.78, 5) is 0. The van der Waals surface area contributed by atoms with Gasteiger partial charge < -0.3 is 5.11 Å². The molecule has 1 unspecified atom stereocenters. The van der Waals surface area contributed by atoms with Gasteiger partial charge in [0.25, 0.3) is 0 Å². The van der Waals surface area contributed by atoms with Crippen molar-refractivity contribution >= 4 is 15.9 Å². The molecule has 17 heavy (non-hydrogen) atoms. The monoisotopic (exact) mass is 298 g/mol. The molecule has 0 bridgehead atoms. The highest BCUT2D eigenvalue weighted by Gasteiger charge is 2.31. The maximum absolute atomic E-state index is 12.9. The summed E-state index contributed by atoms with van der Waals surface area (Å²) in [7, 11) is 1.75. The molecule has 2 aromatic rings. The van der Waals surface area contributed by atoms with Crippen molar-refractivity contribution in [3.05, 3.63) is 52.0 Å². The molecule has 1 aromatic heterocycles. The summed E-state index contributed by atoms with van der Waals surface area (Å²) >= 11 is 3.35. The van der Waals surface area contributed by atoms with Gasteiger partial charge in [-0.15, -0.1) is 0 Å². The fourth-order valence-electron chi connectivity index (χ4n) is 1.87. The van der Waals surface area contributed by atoms with Crippen molar-refractivity contribution in [2.24, 2.45) is 7.05 Å². The van der Waals surface area contributed by atoms with Gasteiger partial charge in [-0.05, 0) is 40.5 Å². The maximum Gasteiger partial charge on any atom is 0.129 e. The van der Waals surface area contributed by atoms with E-state index >= 15 is 0 Å². The van der Waals surface area contributed by atoms with Gasteiger partial charge in [0.15, 0.2) is 0 Å². The molecule has 1 atom stereocenters. The molecule has 0 radical (unpaired) electrons. The minimum Gasteiger partial charge on any atom is -0.379 e. The standard InChI is InChI=1S/C12H12BrFN2O/c1-12(17,8-3-5-9(14)6-4-8)11-10(13)7-15-16(11)2/h3-7,17H,1-2H3. The quantitative estimate of drug-likeness (QED) is 0.925. The lowest BCUT2D eigenvalue weighted by Gasteiger charge is -2.24. The van der Waals surface area contributed by atoms with Gasteiger partial charge in [-0.25, -0.2) is 4.39 Å². The van der Waals surface area contributed by atoms with E-state index in [-0.39, 0.29) is 5.82 Å². The molecule has 5 heteroatoms. The molecule has 0 aliphatic heterocycles. The molecule has 0 aliphatic rings. The van der Waals surface area contributed by atoms with Crippen molar-refractivity contribution in [3.8, 4) is 0 Å². The lowest BCUT2D eigenvalue weighted by atomic mass is 9.92. The Labute approximate surface area is 107 Å². The van der Waals surface area contributed by atoms with Gasteiger partial charge in [0.2, 0.25) is 0 Å². The van der Waals surface area contributed by atoms with Crippen LogP contribution in [-0.2, 0) is 12.6 Å². The van der Waals surface area contributed by atoms with E-state index in [0.717, 1.165) is 0 Å². The number of hydrogen-bond donors (Lipinski definition) is 1. The maximum atomic E-state index is 12.9. The van der Waals surface area contributed by atoms with Crippen LogP contribution in [0.4, 0.5) is 4.39 Å². The van der Waals surface area contributed by atoms with Gasteiger partial charge in [0.1, 0.15) is 11.4 Å². The Balaban J connectivity index is 2.53. The molecule has 1 aromatic carbocycles. The summed E-state index contributed by atoms with van der Waals surface area (Å²) in [6.45, 7) is 1.65. The minimum atomic E-state index is -1.22. The largest absolute Gasteiger partial charge is 0.379 e. The molecule has 2 rings (SSSR count). The second kappa shape index (κ2) is 4.23. The Morgan fingerprint density at radius 1 is 1.35 bits per heavy atom. The fraction of sp³-hybridized carbons (Fsp3) is 0.250. The number of hydrogen-bond acceptors (Lipinski definition) is 2. The van der Waals surface area contributed by atoms with E-state index in [9.17, 15) is 9.50 Å². The van der Waals surface area contributed by atoms with Crippen LogP contribution < -0.4 is 0 Å². The number of benzene rings is 1. The van der Waals surface area contributed by atoms with E-state index in [4.69, 9.17) is 0 Å². The van der Waals surface area contributed by atoms with Crippen LogP contribution in [-0.4, -0.2) is 14.9 Å². The highest BCUT2D eigenvalue weighted by atomic mass is 79.9. The van der Waals surface area contributed by atoms with Crippen LogP contribution in [0.2, 0.25) is 0 Å². The van der Waals surface area contributed by atoms with Crippen molar-refractivity contribution < 1.29 is 9.50 Å². The van der Waals surface area contributed by atoms with Crippen molar-refractivity contribution in [3.63, 3.8) is 0 Å². The SMILES string of the molecule is Cn1ncc(Br)c1C(C)(O)c1ccc(F)cc1. The molecular weight excluding hydrogens is 287 g/mol. The number of aromatic nitrogens is 2. The molecule has 90 valence electrons. The Morgan fingerprint density at radius 3 is 2.41 bits per heavy atom. The zero-order chi connectivity index (χ0) is 12.6. The average Bonchev–Trinajstić information content (AvgIpc) is 2.59. The van der Waals surface area contributed by atoms with Crippen LogP contribution in [0.3, 0.4) is 0 Å². The summed E-state index contributed by atoms with van der Waals surface area (Å²) in [6, 6.07) is 5.78. The highest BCUT2D eigenvalue weighted by molar-refractivity contribution is 9.10. The topological polar surface area (TPSA) is 38.0 Å². The van der Waals surface area contributed by atoms with Gasteiger partial charge in [-0.3, -0.25) is 4.68 Å². The minimum absolute atomic E-state index is 0.325. The molecular formula is C12H12BrFN2O. The number of halogens is 2. The van der Waals surface area contributed by atoms with Crippen LogP contribution in [0.15, 0.2) is 34.9 Å². The first-order valence-corrected chi connectivity index (χ1v) is 5.88. The molecule has 0 spiro atoms. The van der Waals surface area contributed by atoms with Crippen molar-refractivity contribution in [2.45, 2.75) is 12.5 Å². The van der Waals surface area contributed by atoms with Crippen LogP contribution in [0, 0.1) is 5.82 Å². The van der Waals surface area contributed by atoms with Gasteiger partial charge >= 0.3 is 0 Å². The molecule has 0 amide bonds. The zero-order valence-corrected chi connectivity index (χ0v) is 11.1. The van der Waals surface area contributed by atoms with Crippen LogP contribution in [0.25, 0.3) is 0 Å². The van der Waals surface area contributed by atoms with Gasteiger partial charge in [0.05, 0.1) is 16.4 Å². The van der Waals surface area contributed by atoms with E-state index in [1.165, 1.54) is 12.1 Å². The van der Waals surface area contributed by atoms with E-state index in [0.29, 0.717) is 15.7 Å². The number of aliphatic hydroxyl groups is 1. The zero-order valence-electron chi connectivity index (χ0n) is 9.48. The third-order valence-corrected chi connectivity index (χ3v) is 3.34. The van der Waals surface area contributed by atoms with Crippen molar-refractivity contribution in [2.75, 3.05) is 0 Å². The normalized spacial score (nSPS) is 14.6. The number of rotatable bonds is 2. The average molecular weight is 299 g/mol. The van der Waals surface area contributed by atoms with Gasteiger partial charge in [-0.1, -0.05) is 12.1 Å². The third-order valence-electron chi connectivity index (χ3n) is 2.76. The summed E-state index contributed by atoms with van der Waals surface area (Å²) in [6.07, 6.45) is 1.62. The Kier molecular flexibility index (Phi) is 3.05. The predicted molar refractivity (Wildman–Crippen MR) is 66.0 cm³/mol. The molecule has 1 heterocycles. The summed E-state index contributed by atoms with van der Waals surface area (Å²) in [5.41, 5.74) is 0.0185. The lowest BCUT2D eigenvalue weighted by Crippen LogP contribution is -2.26. The van der Waals surface area contributed by atoms with Gasteiger partial charge in [0, 0.05) is 7.05 Å². The number of aryl methyl sites for hydroxylation is 1.